The van der Waals surface area contributed by atoms with Gasteiger partial charge in [-0.3, -0.25) is 4.79 Å². The fourth-order valence-electron chi connectivity index (χ4n) is 1.74. The fraction of sp³-hybridized carbons (Fsp3) is 0.562. The highest BCUT2D eigenvalue weighted by Gasteiger charge is 2.08. The molecule has 1 rings (SSSR count). The minimum Gasteiger partial charge on any atom is -0.483 e. The monoisotopic (exact) mass is 296 g/mol. The zero-order valence-electron chi connectivity index (χ0n) is 13.0. The predicted molar refractivity (Wildman–Crippen MR) is 81.8 cm³/mol. The number of nitrogens with one attached hydrogen (secondary N) is 2. The molecule has 0 atom stereocenters. The molecule has 1 aromatic rings. The second-order valence-corrected chi connectivity index (χ2v) is 5.28. The van der Waals surface area contributed by atoms with E-state index in [0.717, 1.165) is 12.8 Å². The standard InChI is InChI=1S/C16H25FN2O2/c1-4-5-8-18-16(20)11-21-15-7-6-14(17)9-13(15)10-19-12(2)3/h6-7,9,12,19H,4-5,8,10-11H2,1-3H3,(H,18,20). The highest BCUT2D eigenvalue weighted by molar-refractivity contribution is 5.77. The van der Waals surface area contributed by atoms with Crippen molar-refractivity contribution in [3.8, 4) is 5.75 Å². The maximum Gasteiger partial charge on any atom is 0.257 e. The van der Waals surface area contributed by atoms with Gasteiger partial charge >= 0.3 is 0 Å². The van der Waals surface area contributed by atoms with Gasteiger partial charge in [0.15, 0.2) is 6.61 Å². The van der Waals surface area contributed by atoms with Crippen LogP contribution in [-0.2, 0) is 11.3 Å². The first-order valence-corrected chi connectivity index (χ1v) is 7.44. The summed E-state index contributed by atoms with van der Waals surface area (Å²) in [6.45, 7) is 7.20. The van der Waals surface area contributed by atoms with Crippen LogP contribution in [0.3, 0.4) is 0 Å². The highest BCUT2D eigenvalue weighted by atomic mass is 19.1. The van der Waals surface area contributed by atoms with Crippen molar-refractivity contribution >= 4 is 5.91 Å². The quantitative estimate of drug-likeness (QED) is 0.689. The highest BCUT2D eigenvalue weighted by Crippen LogP contribution is 2.19. The van der Waals surface area contributed by atoms with Crippen LogP contribution in [0.15, 0.2) is 18.2 Å². The lowest BCUT2D eigenvalue weighted by molar-refractivity contribution is -0.123. The van der Waals surface area contributed by atoms with Crippen LogP contribution in [0.2, 0.25) is 0 Å². The SMILES string of the molecule is CCCCNC(=O)COc1ccc(F)cc1CNC(C)C. The molecule has 21 heavy (non-hydrogen) atoms. The molecule has 0 spiro atoms. The van der Waals surface area contributed by atoms with Gasteiger partial charge in [0.2, 0.25) is 0 Å². The van der Waals surface area contributed by atoms with E-state index in [0.29, 0.717) is 30.4 Å². The molecular formula is C16H25FN2O2. The van der Waals surface area contributed by atoms with Gasteiger partial charge < -0.3 is 15.4 Å². The van der Waals surface area contributed by atoms with Gasteiger partial charge in [-0.2, -0.15) is 0 Å². The van der Waals surface area contributed by atoms with E-state index >= 15 is 0 Å². The van der Waals surface area contributed by atoms with Crippen molar-refractivity contribution in [3.05, 3.63) is 29.6 Å². The molecule has 0 heterocycles. The third-order valence-corrected chi connectivity index (χ3v) is 2.93. The van der Waals surface area contributed by atoms with Crippen molar-refractivity contribution in [3.63, 3.8) is 0 Å². The third-order valence-electron chi connectivity index (χ3n) is 2.93. The van der Waals surface area contributed by atoms with Crippen LogP contribution >= 0.6 is 0 Å². The summed E-state index contributed by atoms with van der Waals surface area (Å²) in [6, 6.07) is 4.62. The van der Waals surface area contributed by atoms with Crippen LogP contribution in [0.1, 0.15) is 39.2 Å². The summed E-state index contributed by atoms with van der Waals surface area (Å²) in [6.07, 6.45) is 1.98. The Kier molecular flexibility index (Phi) is 7.75. The smallest absolute Gasteiger partial charge is 0.257 e. The average Bonchev–Trinajstić information content (AvgIpc) is 2.44. The van der Waals surface area contributed by atoms with Gasteiger partial charge in [0, 0.05) is 24.7 Å². The van der Waals surface area contributed by atoms with Crippen LogP contribution in [0.4, 0.5) is 4.39 Å². The summed E-state index contributed by atoms with van der Waals surface area (Å²) in [5.74, 6) is 0.0704. The molecule has 0 bridgehead atoms. The van der Waals surface area contributed by atoms with Gasteiger partial charge in [0.1, 0.15) is 11.6 Å². The van der Waals surface area contributed by atoms with E-state index in [2.05, 4.69) is 17.6 Å². The number of carbonyl (C=O) groups excluding carboxylic acids is 1. The van der Waals surface area contributed by atoms with Gasteiger partial charge in [-0.15, -0.1) is 0 Å². The van der Waals surface area contributed by atoms with Crippen molar-refractivity contribution < 1.29 is 13.9 Å². The molecule has 1 aromatic carbocycles. The van der Waals surface area contributed by atoms with Crippen LogP contribution in [0.5, 0.6) is 5.75 Å². The molecule has 0 aliphatic heterocycles. The topological polar surface area (TPSA) is 50.4 Å². The predicted octanol–water partition coefficient (Wildman–Crippen LogP) is 2.62. The van der Waals surface area contributed by atoms with Crippen molar-refractivity contribution in [2.75, 3.05) is 13.2 Å². The van der Waals surface area contributed by atoms with Crippen LogP contribution in [-0.4, -0.2) is 25.1 Å². The molecule has 2 N–H and O–H groups in total. The summed E-state index contributed by atoms with van der Waals surface area (Å²) in [4.78, 5) is 11.6. The van der Waals surface area contributed by atoms with Crippen LogP contribution < -0.4 is 15.4 Å². The first kappa shape index (κ1) is 17.4. The van der Waals surface area contributed by atoms with Gasteiger partial charge in [0.05, 0.1) is 0 Å². The zero-order valence-corrected chi connectivity index (χ0v) is 13.0. The number of benzene rings is 1. The molecule has 5 heteroatoms. The maximum absolute atomic E-state index is 13.3. The van der Waals surface area contributed by atoms with Crippen molar-refractivity contribution in [1.82, 2.24) is 10.6 Å². The second-order valence-electron chi connectivity index (χ2n) is 5.28. The molecule has 0 saturated carbocycles. The van der Waals surface area contributed by atoms with E-state index in [-0.39, 0.29) is 18.3 Å². The Hall–Kier alpha value is -1.62. The fourth-order valence-corrected chi connectivity index (χ4v) is 1.74. The Labute approximate surface area is 126 Å². The van der Waals surface area contributed by atoms with E-state index in [1.807, 2.05) is 13.8 Å². The molecule has 0 aliphatic carbocycles. The number of hydrogen-bond donors (Lipinski definition) is 2. The maximum atomic E-state index is 13.3. The van der Waals surface area contributed by atoms with Crippen molar-refractivity contribution in [2.24, 2.45) is 0 Å². The van der Waals surface area contributed by atoms with E-state index in [9.17, 15) is 9.18 Å². The largest absolute Gasteiger partial charge is 0.483 e. The van der Waals surface area contributed by atoms with Crippen LogP contribution in [0.25, 0.3) is 0 Å². The molecule has 0 unspecified atom stereocenters. The average molecular weight is 296 g/mol. The molecule has 4 nitrogen and oxygen atoms in total. The van der Waals surface area contributed by atoms with Crippen molar-refractivity contribution in [2.45, 2.75) is 46.2 Å². The number of hydrogen-bond acceptors (Lipinski definition) is 3. The Bertz CT molecular complexity index is 450. The Balaban J connectivity index is 2.55. The van der Waals surface area contributed by atoms with Gasteiger partial charge in [-0.1, -0.05) is 27.2 Å². The Morgan fingerprint density at radius 3 is 2.81 bits per heavy atom. The number of unbranched alkanes of at least 4 members (excludes halogenated alkanes) is 1. The van der Waals surface area contributed by atoms with Gasteiger partial charge in [0.25, 0.3) is 5.91 Å². The number of rotatable bonds is 9. The molecule has 1 amide bonds. The summed E-state index contributed by atoms with van der Waals surface area (Å²) >= 11 is 0. The number of amides is 1. The number of halogens is 1. The van der Waals surface area contributed by atoms with E-state index in [4.69, 9.17) is 4.74 Å². The lowest BCUT2D eigenvalue weighted by atomic mass is 10.2. The summed E-state index contributed by atoms with van der Waals surface area (Å²) in [5.41, 5.74) is 0.713. The lowest BCUT2D eigenvalue weighted by Gasteiger charge is -2.14. The first-order chi connectivity index (χ1) is 10.0. The minimum absolute atomic E-state index is 0.0516. The Morgan fingerprint density at radius 1 is 1.38 bits per heavy atom. The lowest BCUT2D eigenvalue weighted by Crippen LogP contribution is -2.30. The summed E-state index contributed by atoms with van der Waals surface area (Å²) < 4.78 is 18.8. The first-order valence-electron chi connectivity index (χ1n) is 7.44. The number of ether oxygens (including phenoxy) is 1. The van der Waals surface area contributed by atoms with E-state index < -0.39 is 0 Å². The number of carbonyl (C=O) groups is 1. The van der Waals surface area contributed by atoms with Crippen molar-refractivity contribution in [1.29, 1.82) is 0 Å². The van der Waals surface area contributed by atoms with E-state index in [1.54, 1.807) is 6.07 Å². The Morgan fingerprint density at radius 2 is 2.14 bits per heavy atom. The molecule has 0 fully saturated rings. The van der Waals surface area contributed by atoms with E-state index in [1.165, 1.54) is 12.1 Å². The van der Waals surface area contributed by atoms with Gasteiger partial charge in [-0.05, 0) is 24.6 Å². The van der Waals surface area contributed by atoms with Crippen LogP contribution in [0, 0.1) is 5.82 Å². The molecular weight excluding hydrogens is 271 g/mol. The third kappa shape index (κ3) is 7.09. The van der Waals surface area contributed by atoms with Gasteiger partial charge in [-0.25, -0.2) is 4.39 Å². The summed E-state index contributed by atoms with van der Waals surface area (Å²) in [7, 11) is 0. The minimum atomic E-state index is -0.310. The molecule has 0 radical (unpaired) electrons. The normalized spacial score (nSPS) is 10.7. The summed E-state index contributed by atoms with van der Waals surface area (Å²) in [5, 5.41) is 5.99. The second kappa shape index (κ2) is 9.34. The zero-order chi connectivity index (χ0) is 15.7. The molecule has 0 aliphatic rings. The molecule has 0 aromatic heterocycles. The molecule has 0 saturated heterocycles. The molecule has 118 valence electrons.